The van der Waals surface area contributed by atoms with Crippen LogP contribution in [0.1, 0.15) is 38.2 Å². The number of halogens is 1. The molecule has 0 spiro atoms. The van der Waals surface area contributed by atoms with E-state index in [0.29, 0.717) is 19.6 Å². The van der Waals surface area contributed by atoms with Crippen LogP contribution in [0.25, 0.3) is 0 Å². The molecule has 0 heterocycles. The number of hydrogen-bond acceptors (Lipinski definition) is 3. The number of rotatable bonds is 8. The molecule has 3 nitrogen and oxygen atoms in total. The Morgan fingerprint density at radius 1 is 1.26 bits per heavy atom. The number of hydrogen-bond donors (Lipinski definition) is 0. The Kier molecular flexibility index (Phi) is 7.56. The third-order valence-corrected chi connectivity index (χ3v) is 3.30. The zero-order valence-electron chi connectivity index (χ0n) is 11.6. The molecule has 1 rings (SSSR count). The second kappa shape index (κ2) is 8.97. The fourth-order valence-electron chi connectivity index (χ4n) is 1.69. The van der Waals surface area contributed by atoms with Crippen LogP contribution in [-0.2, 0) is 9.53 Å². The van der Waals surface area contributed by atoms with Gasteiger partial charge in [-0.1, -0.05) is 6.07 Å². The smallest absolute Gasteiger partial charge is 0.305 e. The molecule has 0 amide bonds. The minimum absolute atomic E-state index is 0.107. The monoisotopic (exact) mass is 328 g/mol. The molecule has 0 atom stereocenters. The summed E-state index contributed by atoms with van der Waals surface area (Å²) in [6, 6.07) is 6.04. The summed E-state index contributed by atoms with van der Waals surface area (Å²) in [6.07, 6.45) is 3.28. The van der Waals surface area contributed by atoms with Crippen molar-refractivity contribution in [1.29, 1.82) is 0 Å². The molecule has 0 bridgehead atoms. The second-order valence-corrected chi connectivity index (χ2v) is 5.25. The van der Waals surface area contributed by atoms with Crippen molar-refractivity contribution in [3.63, 3.8) is 0 Å². The van der Waals surface area contributed by atoms with Gasteiger partial charge in [0.2, 0.25) is 0 Å². The SMILES string of the molecule is CCOC(=O)CCCCCOc1ccc(C)cc1Br. The Hall–Kier alpha value is -1.03. The number of carbonyl (C=O) groups is 1. The average molecular weight is 329 g/mol. The summed E-state index contributed by atoms with van der Waals surface area (Å²) in [4.78, 5) is 11.1. The van der Waals surface area contributed by atoms with E-state index >= 15 is 0 Å². The van der Waals surface area contributed by atoms with Gasteiger partial charge in [0.05, 0.1) is 17.7 Å². The highest BCUT2D eigenvalue weighted by Crippen LogP contribution is 2.25. The van der Waals surface area contributed by atoms with Crippen molar-refractivity contribution in [3.05, 3.63) is 28.2 Å². The van der Waals surface area contributed by atoms with Gasteiger partial charge in [0.1, 0.15) is 5.75 Å². The molecule has 0 aliphatic heterocycles. The number of unbranched alkanes of at least 4 members (excludes halogenated alkanes) is 2. The van der Waals surface area contributed by atoms with Gasteiger partial charge in [-0.15, -0.1) is 0 Å². The Morgan fingerprint density at radius 3 is 2.74 bits per heavy atom. The van der Waals surface area contributed by atoms with Crippen molar-refractivity contribution in [2.75, 3.05) is 13.2 Å². The fraction of sp³-hybridized carbons (Fsp3) is 0.533. The van der Waals surface area contributed by atoms with Crippen molar-refractivity contribution >= 4 is 21.9 Å². The molecule has 0 fully saturated rings. The lowest BCUT2D eigenvalue weighted by Crippen LogP contribution is -2.04. The molecule has 0 aliphatic rings. The highest BCUT2D eigenvalue weighted by atomic mass is 79.9. The molecule has 0 saturated heterocycles. The van der Waals surface area contributed by atoms with Crippen LogP contribution in [0.3, 0.4) is 0 Å². The molecular weight excluding hydrogens is 308 g/mol. The molecule has 0 saturated carbocycles. The van der Waals surface area contributed by atoms with Crippen LogP contribution in [0.15, 0.2) is 22.7 Å². The van der Waals surface area contributed by atoms with Crippen molar-refractivity contribution < 1.29 is 14.3 Å². The minimum atomic E-state index is -0.107. The molecule has 0 N–H and O–H groups in total. The predicted molar refractivity (Wildman–Crippen MR) is 79.5 cm³/mol. The lowest BCUT2D eigenvalue weighted by molar-refractivity contribution is -0.143. The van der Waals surface area contributed by atoms with Gasteiger partial charge < -0.3 is 9.47 Å². The van der Waals surface area contributed by atoms with E-state index in [1.807, 2.05) is 32.0 Å². The van der Waals surface area contributed by atoms with Gasteiger partial charge >= 0.3 is 5.97 Å². The first-order chi connectivity index (χ1) is 9.13. The number of ether oxygens (including phenoxy) is 2. The third kappa shape index (κ3) is 6.62. The largest absolute Gasteiger partial charge is 0.492 e. The first-order valence-electron chi connectivity index (χ1n) is 6.68. The van der Waals surface area contributed by atoms with Gasteiger partial charge in [-0.05, 0) is 66.7 Å². The molecule has 1 aromatic carbocycles. The Labute approximate surface area is 123 Å². The summed E-state index contributed by atoms with van der Waals surface area (Å²) in [6.45, 7) is 5.00. The zero-order valence-corrected chi connectivity index (χ0v) is 13.2. The summed E-state index contributed by atoms with van der Waals surface area (Å²) in [5, 5.41) is 0. The van der Waals surface area contributed by atoms with E-state index < -0.39 is 0 Å². The molecule has 19 heavy (non-hydrogen) atoms. The van der Waals surface area contributed by atoms with Crippen LogP contribution in [0.4, 0.5) is 0 Å². The van der Waals surface area contributed by atoms with E-state index in [0.717, 1.165) is 29.5 Å². The number of aryl methyl sites for hydroxylation is 1. The normalized spacial score (nSPS) is 10.3. The van der Waals surface area contributed by atoms with Crippen LogP contribution < -0.4 is 4.74 Å². The molecule has 1 aromatic rings. The third-order valence-electron chi connectivity index (χ3n) is 2.68. The first kappa shape index (κ1) is 16.0. The van der Waals surface area contributed by atoms with E-state index in [4.69, 9.17) is 9.47 Å². The van der Waals surface area contributed by atoms with E-state index in [1.165, 1.54) is 5.56 Å². The van der Waals surface area contributed by atoms with Gasteiger partial charge in [-0.3, -0.25) is 4.79 Å². The van der Waals surface area contributed by atoms with Gasteiger partial charge in [0.15, 0.2) is 0 Å². The molecular formula is C15H21BrO3. The Morgan fingerprint density at radius 2 is 2.05 bits per heavy atom. The van der Waals surface area contributed by atoms with Gasteiger partial charge in [0.25, 0.3) is 0 Å². The maximum absolute atomic E-state index is 11.1. The summed E-state index contributed by atoms with van der Waals surface area (Å²) in [5.41, 5.74) is 1.20. The van der Waals surface area contributed by atoms with E-state index in [-0.39, 0.29) is 5.97 Å². The van der Waals surface area contributed by atoms with E-state index in [9.17, 15) is 4.79 Å². The Balaban J connectivity index is 2.12. The van der Waals surface area contributed by atoms with E-state index in [2.05, 4.69) is 15.9 Å². The molecule has 4 heteroatoms. The van der Waals surface area contributed by atoms with Crippen LogP contribution in [-0.4, -0.2) is 19.2 Å². The zero-order chi connectivity index (χ0) is 14.1. The minimum Gasteiger partial charge on any atom is -0.492 e. The lowest BCUT2D eigenvalue weighted by atomic mass is 10.2. The highest BCUT2D eigenvalue weighted by Gasteiger charge is 2.02. The Bertz CT molecular complexity index is 404. The van der Waals surface area contributed by atoms with Gasteiger partial charge in [-0.25, -0.2) is 0 Å². The van der Waals surface area contributed by atoms with Crippen molar-refractivity contribution in [3.8, 4) is 5.75 Å². The topological polar surface area (TPSA) is 35.5 Å². The molecule has 0 aliphatic carbocycles. The van der Waals surface area contributed by atoms with Crippen LogP contribution in [0.5, 0.6) is 5.75 Å². The van der Waals surface area contributed by atoms with Gasteiger partial charge in [0, 0.05) is 6.42 Å². The molecule has 0 unspecified atom stereocenters. The fourth-order valence-corrected chi connectivity index (χ4v) is 2.29. The van der Waals surface area contributed by atoms with E-state index in [1.54, 1.807) is 0 Å². The lowest BCUT2D eigenvalue weighted by Gasteiger charge is -2.08. The molecule has 106 valence electrons. The van der Waals surface area contributed by atoms with Crippen LogP contribution >= 0.6 is 15.9 Å². The maximum Gasteiger partial charge on any atom is 0.305 e. The van der Waals surface area contributed by atoms with Crippen molar-refractivity contribution in [1.82, 2.24) is 0 Å². The summed E-state index contributed by atoms with van der Waals surface area (Å²) < 4.78 is 11.5. The standard InChI is InChI=1S/C15H21BrO3/c1-3-18-15(17)7-5-4-6-10-19-14-9-8-12(2)11-13(14)16/h8-9,11H,3-7,10H2,1-2H3. The first-order valence-corrected chi connectivity index (χ1v) is 7.47. The van der Waals surface area contributed by atoms with Crippen molar-refractivity contribution in [2.45, 2.75) is 39.5 Å². The highest BCUT2D eigenvalue weighted by molar-refractivity contribution is 9.10. The average Bonchev–Trinajstić information content (AvgIpc) is 2.36. The molecule has 0 aromatic heterocycles. The quantitative estimate of drug-likeness (QED) is 0.528. The summed E-state index contributed by atoms with van der Waals surface area (Å²) in [7, 11) is 0. The van der Waals surface area contributed by atoms with Gasteiger partial charge in [-0.2, -0.15) is 0 Å². The number of carbonyl (C=O) groups excluding carboxylic acids is 1. The summed E-state index contributed by atoms with van der Waals surface area (Å²) in [5.74, 6) is 0.765. The molecule has 0 radical (unpaired) electrons. The number of benzene rings is 1. The maximum atomic E-state index is 11.1. The second-order valence-electron chi connectivity index (χ2n) is 4.40. The summed E-state index contributed by atoms with van der Waals surface area (Å²) >= 11 is 3.48. The number of esters is 1. The predicted octanol–water partition coefficient (Wildman–Crippen LogP) is 4.26. The van der Waals surface area contributed by atoms with Crippen LogP contribution in [0, 0.1) is 6.92 Å². The van der Waals surface area contributed by atoms with Crippen molar-refractivity contribution in [2.24, 2.45) is 0 Å². The van der Waals surface area contributed by atoms with Crippen LogP contribution in [0.2, 0.25) is 0 Å².